The maximum atomic E-state index is 12.4. The van der Waals surface area contributed by atoms with Crippen molar-refractivity contribution in [2.24, 2.45) is 0 Å². The Bertz CT molecular complexity index is 2690. The monoisotopic (exact) mass is 974 g/mol. The second-order valence-corrected chi connectivity index (χ2v) is 16.5. The first-order chi connectivity index (χ1) is 34.9. The highest BCUT2D eigenvalue weighted by Gasteiger charge is 2.27. The Balaban J connectivity index is 0.990. The molecule has 0 amide bonds. The highest BCUT2D eigenvalue weighted by molar-refractivity contribution is 6.08. The standard InChI is InChI=1S/C58H54O14/c59-49(41-15-7-5-8-16-41)29-23-39-19-25-45(26-20-39)69-31-11-1-3-13-33-71-51-37-43(35-47(55(61)62)53(51)57(65)66)44-36-48(56(63)64)54(58(67)68)52(38-44)72-34-14-4-2-12-32-70-46-27-21-40(22-28-46)24-30-50(60)42-17-9-6-10-18-42/h5-10,15-30,35-38H,1-4,11-14,31-34H2,(H,61,62)(H,63,64)(H,65,66)(H,67,68)/b29-23+,30-24+. The minimum atomic E-state index is -1.56. The van der Waals surface area contributed by atoms with Gasteiger partial charge in [-0.05, 0) is 134 Å². The van der Waals surface area contributed by atoms with Crippen molar-refractivity contribution in [1.82, 2.24) is 0 Å². The summed E-state index contributed by atoms with van der Waals surface area (Å²) in [6.07, 6.45) is 11.8. The zero-order valence-electron chi connectivity index (χ0n) is 39.4. The van der Waals surface area contributed by atoms with E-state index in [1.807, 2.05) is 84.9 Å². The summed E-state index contributed by atoms with van der Waals surface area (Å²) in [6.45, 7) is 0.952. The van der Waals surface area contributed by atoms with E-state index >= 15 is 0 Å². The number of hydrogen-bond acceptors (Lipinski definition) is 10. The second-order valence-electron chi connectivity index (χ2n) is 16.5. The minimum Gasteiger partial charge on any atom is -0.494 e. The molecule has 0 heterocycles. The summed E-state index contributed by atoms with van der Waals surface area (Å²) in [5, 5.41) is 40.3. The summed E-state index contributed by atoms with van der Waals surface area (Å²) in [7, 11) is 0. The number of ketones is 2. The minimum absolute atomic E-state index is 0.0368. The fraction of sp³-hybridized carbons (Fsp3) is 0.207. The molecular formula is C58H54O14. The van der Waals surface area contributed by atoms with E-state index < -0.39 is 46.1 Å². The van der Waals surface area contributed by atoms with Crippen molar-refractivity contribution in [2.75, 3.05) is 26.4 Å². The van der Waals surface area contributed by atoms with E-state index in [0.717, 1.165) is 36.1 Å². The molecule has 0 aromatic heterocycles. The molecule has 0 fully saturated rings. The van der Waals surface area contributed by atoms with Gasteiger partial charge in [0.2, 0.25) is 0 Å². The molecule has 6 rings (SSSR count). The SMILES string of the molecule is O=C(/C=C/c1ccc(OCCCCCCOc2cc(-c3cc(OCCCCCCOc4ccc(/C=C/C(=O)c5ccccc5)cc4)c(C(=O)O)c(C(=O)O)c3)cc(C(=O)O)c2C(=O)O)cc1)c1ccccc1. The van der Waals surface area contributed by atoms with Crippen LogP contribution in [0.1, 0.15) is 125 Å². The van der Waals surface area contributed by atoms with Crippen molar-refractivity contribution in [2.45, 2.75) is 51.4 Å². The first-order valence-corrected chi connectivity index (χ1v) is 23.4. The highest BCUT2D eigenvalue weighted by atomic mass is 16.5. The van der Waals surface area contributed by atoms with Crippen LogP contribution in [0.25, 0.3) is 23.3 Å². The van der Waals surface area contributed by atoms with E-state index in [1.54, 1.807) is 36.4 Å². The lowest BCUT2D eigenvalue weighted by atomic mass is 9.94. The molecule has 6 aromatic rings. The average molecular weight is 975 g/mol. The second kappa shape index (κ2) is 26.8. The fourth-order valence-corrected chi connectivity index (χ4v) is 7.52. The summed E-state index contributed by atoms with van der Waals surface area (Å²) in [6, 6.07) is 37.4. The molecule has 0 radical (unpaired) electrons. The summed E-state index contributed by atoms with van der Waals surface area (Å²) in [5.41, 5.74) is 0.655. The molecular weight excluding hydrogens is 921 g/mol. The smallest absolute Gasteiger partial charge is 0.340 e. The van der Waals surface area contributed by atoms with Gasteiger partial charge in [-0.3, -0.25) is 9.59 Å². The Morgan fingerprint density at radius 1 is 0.375 bits per heavy atom. The third kappa shape index (κ3) is 15.6. The van der Waals surface area contributed by atoms with Gasteiger partial charge >= 0.3 is 23.9 Å². The molecule has 0 aliphatic heterocycles. The molecule has 0 saturated heterocycles. The molecule has 0 saturated carbocycles. The quantitative estimate of drug-likeness (QED) is 0.0195. The van der Waals surface area contributed by atoms with Gasteiger partial charge in [0, 0.05) is 11.1 Å². The molecule has 0 aliphatic carbocycles. The van der Waals surface area contributed by atoms with Gasteiger partial charge in [0.05, 0.1) is 37.6 Å². The number of aromatic carboxylic acids is 4. The van der Waals surface area contributed by atoms with Gasteiger partial charge in [0.1, 0.15) is 34.1 Å². The molecule has 14 nitrogen and oxygen atoms in total. The van der Waals surface area contributed by atoms with Crippen LogP contribution in [0.5, 0.6) is 23.0 Å². The van der Waals surface area contributed by atoms with E-state index in [1.165, 1.54) is 24.3 Å². The van der Waals surface area contributed by atoms with E-state index in [0.29, 0.717) is 74.4 Å². The predicted molar refractivity (Wildman–Crippen MR) is 271 cm³/mol. The van der Waals surface area contributed by atoms with E-state index in [9.17, 15) is 49.2 Å². The van der Waals surface area contributed by atoms with Gasteiger partial charge in [-0.2, -0.15) is 0 Å². The molecule has 370 valence electrons. The van der Waals surface area contributed by atoms with Crippen LogP contribution in [0.4, 0.5) is 0 Å². The summed E-state index contributed by atoms with van der Waals surface area (Å²) in [4.78, 5) is 74.3. The molecule has 14 heteroatoms. The largest absolute Gasteiger partial charge is 0.494 e. The molecule has 0 bridgehead atoms. The zero-order chi connectivity index (χ0) is 51.2. The number of unbranched alkanes of at least 4 members (excludes halogenated alkanes) is 6. The van der Waals surface area contributed by atoms with Crippen LogP contribution in [-0.4, -0.2) is 82.3 Å². The van der Waals surface area contributed by atoms with Gasteiger partial charge < -0.3 is 39.4 Å². The van der Waals surface area contributed by atoms with Gasteiger partial charge in [-0.15, -0.1) is 0 Å². The lowest BCUT2D eigenvalue weighted by molar-refractivity contribution is 0.0647. The molecule has 72 heavy (non-hydrogen) atoms. The number of rotatable bonds is 29. The van der Waals surface area contributed by atoms with Crippen molar-refractivity contribution in [3.63, 3.8) is 0 Å². The normalized spacial score (nSPS) is 11.1. The number of allylic oxidation sites excluding steroid dienone is 2. The topological polar surface area (TPSA) is 220 Å². The predicted octanol–water partition coefficient (Wildman–Crippen LogP) is 12.0. The lowest BCUT2D eigenvalue weighted by Gasteiger charge is -2.17. The number of carbonyl (C=O) groups excluding carboxylic acids is 2. The van der Waals surface area contributed by atoms with Gasteiger partial charge in [0.25, 0.3) is 0 Å². The van der Waals surface area contributed by atoms with E-state index in [-0.39, 0.29) is 47.4 Å². The third-order valence-corrected chi connectivity index (χ3v) is 11.3. The van der Waals surface area contributed by atoms with Crippen LogP contribution in [0.2, 0.25) is 0 Å². The van der Waals surface area contributed by atoms with Crippen molar-refractivity contribution in [3.8, 4) is 34.1 Å². The Morgan fingerprint density at radius 2 is 0.708 bits per heavy atom. The zero-order valence-corrected chi connectivity index (χ0v) is 39.4. The van der Waals surface area contributed by atoms with Crippen molar-refractivity contribution in [3.05, 3.63) is 190 Å². The number of benzene rings is 6. The fourth-order valence-electron chi connectivity index (χ4n) is 7.52. The highest BCUT2D eigenvalue weighted by Crippen LogP contribution is 2.36. The molecule has 6 aromatic carbocycles. The lowest BCUT2D eigenvalue weighted by Crippen LogP contribution is -2.13. The van der Waals surface area contributed by atoms with Crippen molar-refractivity contribution in [1.29, 1.82) is 0 Å². The maximum Gasteiger partial charge on any atom is 0.340 e. The van der Waals surface area contributed by atoms with Gasteiger partial charge in [-0.1, -0.05) is 97.1 Å². The van der Waals surface area contributed by atoms with Crippen LogP contribution in [0, 0.1) is 0 Å². The third-order valence-electron chi connectivity index (χ3n) is 11.3. The number of carboxylic acids is 4. The molecule has 0 unspecified atom stereocenters. The number of carboxylic acid groups (broad SMARTS) is 4. The first kappa shape index (κ1) is 52.6. The first-order valence-electron chi connectivity index (χ1n) is 23.4. The molecule has 0 aliphatic rings. The maximum absolute atomic E-state index is 12.4. The molecule has 0 spiro atoms. The number of hydrogen-bond donors (Lipinski definition) is 4. The summed E-state index contributed by atoms with van der Waals surface area (Å²) in [5.74, 6) is -5.57. The van der Waals surface area contributed by atoms with Crippen LogP contribution in [0.15, 0.2) is 146 Å². The Labute approximate surface area is 416 Å². The van der Waals surface area contributed by atoms with Crippen molar-refractivity contribution < 1.29 is 68.1 Å². The van der Waals surface area contributed by atoms with E-state index in [4.69, 9.17) is 18.9 Å². The van der Waals surface area contributed by atoms with Gasteiger partial charge in [0.15, 0.2) is 11.6 Å². The van der Waals surface area contributed by atoms with E-state index in [2.05, 4.69) is 0 Å². The van der Waals surface area contributed by atoms with Crippen LogP contribution < -0.4 is 18.9 Å². The number of carbonyl (C=O) groups is 6. The molecule has 4 N–H and O–H groups in total. The van der Waals surface area contributed by atoms with Gasteiger partial charge in [-0.25, -0.2) is 19.2 Å². The Hall–Kier alpha value is -8.78. The average Bonchev–Trinajstić information content (AvgIpc) is 3.39. The van der Waals surface area contributed by atoms with Crippen LogP contribution in [0.3, 0.4) is 0 Å². The van der Waals surface area contributed by atoms with Crippen molar-refractivity contribution >= 4 is 47.6 Å². The number of ether oxygens (including phenoxy) is 4. The Kier molecular flexibility index (Phi) is 19.6. The Morgan fingerprint density at radius 3 is 1.03 bits per heavy atom. The van der Waals surface area contributed by atoms with Crippen LogP contribution in [-0.2, 0) is 0 Å². The molecule has 0 atom stereocenters. The van der Waals surface area contributed by atoms with Crippen LogP contribution >= 0.6 is 0 Å². The summed E-state index contributed by atoms with van der Waals surface area (Å²) >= 11 is 0. The summed E-state index contributed by atoms with van der Waals surface area (Å²) < 4.78 is 23.5.